The van der Waals surface area contributed by atoms with E-state index in [0.717, 1.165) is 17.7 Å². The smallest absolute Gasteiger partial charge is 0.272 e. The minimum atomic E-state index is -2.67. The SMILES string of the molecule is CN1c2cc(OCC(F)F)c(C(N)=O)cc2NC1Nc1cc(CC(C)(C)C)ccc1Cl. The van der Waals surface area contributed by atoms with Crippen molar-refractivity contribution in [2.24, 2.45) is 11.1 Å². The van der Waals surface area contributed by atoms with Gasteiger partial charge in [-0.25, -0.2) is 8.78 Å². The zero-order valence-electron chi connectivity index (χ0n) is 17.9. The predicted molar refractivity (Wildman–Crippen MR) is 121 cm³/mol. The molecule has 1 aliphatic rings. The lowest BCUT2D eigenvalue weighted by Crippen LogP contribution is -2.39. The first kappa shape index (κ1) is 22.9. The van der Waals surface area contributed by atoms with Crippen molar-refractivity contribution in [3.8, 4) is 5.75 Å². The fourth-order valence-corrected chi connectivity index (χ4v) is 3.68. The molecule has 0 radical (unpaired) electrons. The predicted octanol–water partition coefficient (Wildman–Crippen LogP) is 4.93. The Morgan fingerprint density at radius 2 is 2.03 bits per heavy atom. The number of hydrogen-bond acceptors (Lipinski definition) is 5. The Hall–Kier alpha value is -2.74. The molecule has 2 aromatic rings. The summed E-state index contributed by atoms with van der Waals surface area (Å²) in [5, 5.41) is 7.19. The van der Waals surface area contributed by atoms with Crippen LogP contribution in [-0.2, 0) is 6.42 Å². The first-order chi connectivity index (χ1) is 14.4. The van der Waals surface area contributed by atoms with Crippen LogP contribution in [0, 0.1) is 5.41 Å². The van der Waals surface area contributed by atoms with E-state index in [1.165, 1.54) is 12.1 Å². The molecular formula is C22H27ClF2N4O2. The molecule has 0 spiro atoms. The molecule has 0 aromatic heterocycles. The highest BCUT2D eigenvalue weighted by Gasteiger charge is 2.29. The number of benzene rings is 2. The zero-order valence-corrected chi connectivity index (χ0v) is 18.7. The van der Waals surface area contributed by atoms with Gasteiger partial charge in [-0.05, 0) is 35.6 Å². The number of anilines is 3. The summed E-state index contributed by atoms with van der Waals surface area (Å²) in [5.74, 6) is -0.739. The number of primary amides is 1. The minimum absolute atomic E-state index is 0.0195. The third kappa shape index (κ3) is 5.50. The number of halogens is 3. The number of carbonyl (C=O) groups excluding carboxylic acids is 1. The summed E-state index contributed by atoms with van der Waals surface area (Å²) in [6.07, 6.45) is -2.16. The maximum Gasteiger partial charge on any atom is 0.272 e. The summed E-state index contributed by atoms with van der Waals surface area (Å²) in [7, 11) is 1.82. The lowest BCUT2D eigenvalue weighted by molar-refractivity contribution is 0.0801. The van der Waals surface area contributed by atoms with E-state index in [9.17, 15) is 13.6 Å². The van der Waals surface area contributed by atoms with Crippen molar-refractivity contribution < 1.29 is 18.3 Å². The lowest BCUT2D eigenvalue weighted by atomic mass is 9.88. The van der Waals surface area contributed by atoms with Crippen molar-refractivity contribution in [1.82, 2.24) is 0 Å². The van der Waals surface area contributed by atoms with Gasteiger partial charge >= 0.3 is 0 Å². The third-order valence-corrected chi connectivity index (χ3v) is 5.17. The number of carbonyl (C=O) groups is 1. The van der Waals surface area contributed by atoms with Gasteiger partial charge in [0.2, 0.25) is 0 Å². The molecule has 0 saturated heterocycles. The number of fused-ring (bicyclic) bond motifs is 1. The summed E-state index contributed by atoms with van der Waals surface area (Å²) in [5.41, 5.74) is 8.78. The molecule has 6 nitrogen and oxygen atoms in total. The van der Waals surface area contributed by atoms with Gasteiger partial charge in [0.05, 0.1) is 27.6 Å². The molecule has 9 heteroatoms. The van der Waals surface area contributed by atoms with Crippen LogP contribution in [-0.4, -0.2) is 32.3 Å². The van der Waals surface area contributed by atoms with Crippen LogP contribution in [0.15, 0.2) is 30.3 Å². The lowest BCUT2D eigenvalue weighted by Gasteiger charge is -2.25. The normalized spacial score (nSPS) is 15.6. The molecule has 0 aliphatic carbocycles. The van der Waals surface area contributed by atoms with Gasteiger partial charge in [-0.1, -0.05) is 38.4 Å². The van der Waals surface area contributed by atoms with Gasteiger partial charge in [-0.15, -0.1) is 0 Å². The van der Waals surface area contributed by atoms with Crippen LogP contribution in [0.3, 0.4) is 0 Å². The van der Waals surface area contributed by atoms with E-state index in [4.69, 9.17) is 22.1 Å². The van der Waals surface area contributed by atoms with E-state index in [2.05, 4.69) is 31.4 Å². The molecule has 168 valence electrons. The highest BCUT2D eigenvalue weighted by molar-refractivity contribution is 6.33. The quantitative estimate of drug-likeness (QED) is 0.555. The molecule has 2 aromatic carbocycles. The van der Waals surface area contributed by atoms with Crippen LogP contribution in [0.25, 0.3) is 0 Å². The Morgan fingerprint density at radius 1 is 1.32 bits per heavy atom. The molecule has 0 fully saturated rings. The standard InChI is InChI=1S/C22H27ClF2N4O2/c1-22(2,3)10-12-5-6-14(23)15(7-12)27-21-28-16-8-13(20(26)30)18(31-11-19(24)25)9-17(16)29(21)4/h5-9,19,21,27-28H,10-11H2,1-4H3,(H2,26,30). The molecule has 31 heavy (non-hydrogen) atoms. The molecular weight excluding hydrogens is 426 g/mol. The van der Waals surface area contributed by atoms with Crippen molar-refractivity contribution in [3.05, 3.63) is 46.5 Å². The molecule has 3 rings (SSSR count). The fourth-order valence-electron chi connectivity index (χ4n) is 3.51. The summed E-state index contributed by atoms with van der Waals surface area (Å²) in [6.45, 7) is 5.68. The summed E-state index contributed by atoms with van der Waals surface area (Å²) in [6, 6.07) is 8.91. The van der Waals surface area contributed by atoms with Crippen LogP contribution in [0.4, 0.5) is 25.8 Å². The molecule has 1 amide bonds. The number of ether oxygens (including phenoxy) is 1. The molecule has 1 atom stereocenters. The molecule has 1 aliphatic heterocycles. The summed E-state index contributed by atoms with van der Waals surface area (Å²) >= 11 is 6.41. The second kappa shape index (κ2) is 8.78. The van der Waals surface area contributed by atoms with Crippen LogP contribution >= 0.6 is 11.6 Å². The van der Waals surface area contributed by atoms with E-state index in [-0.39, 0.29) is 23.0 Å². The van der Waals surface area contributed by atoms with E-state index in [1.807, 2.05) is 30.1 Å². The highest BCUT2D eigenvalue weighted by atomic mass is 35.5. The minimum Gasteiger partial charge on any atom is -0.487 e. The maximum absolute atomic E-state index is 12.6. The van der Waals surface area contributed by atoms with Crippen LogP contribution in [0.2, 0.25) is 5.02 Å². The average Bonchev–Trinajstić information content (AvgIpc) is 2.95. The van der Waals surface area contributed by atoms with Gasteiger partial charge < -0.3 is 26.0 Å². The first-order valence-corrected chi connectivity index (χ1v) is 10.3. The van der Waals surface area contributed by atoms with Gasteiger partial charge in [-0.2, -0.15) is 0 Å². The average molecular weight is 453 g/mol. The Morgan fingerprint density at radius 3 is 2.65 bits per heavy atom. The number of hydrogen-bond donors (Lipinski definition) is 3. The van der Waals surface area contributed by atoms with Gasteiger partial charge in [0.1, 0.15) is 12.4 Å². The Labute approximate surface area is 185 Å². The van der Waals surface area contributed by atoms with Gasteiger partial charge in [0, 0.05) is 13.1 Å². The number of alkyl halides is 2. The summed E-state index contributed by atoms with van der Waals surface area (Å²) in [4.78, 5) is 13.7. The number of nitrogens with zero attached hydrogens (tertiary/aromatic N) is 1. The molecule has 1 unspecified atom stereocenters. The second-order valence-electron chi connectivity index (χ2n) is 8.79. The molecule has 0 bridgehead atoms. The molecule has 0 saturated carbocycles. The third-order valence-electron chi connectivity index (χ3n) is 4.85. The fraction of sp³-hybridized carbons (Fsp3) is 0.409. The van der Waals surface area contributed by atoms with Crippen molar-refractivity contribution in [3.63, 3.8) is 0 Å². The Balaban J connectivity index is 1.85. The first-order valence-electron chi connectivity index (χ1n) is 9.88. The maximum atomic E-state index is 12.6. The Bertz CT molecular complexity index is 979. The molecule has 1 heterocycles. The van der Waals surface area contributed by atoms with Crippen LogP contribution in [0.1, 0.15) is 36.7 Å². The van der Waals surface area contributed by atoms with Crippen LogP contribution < -0.4 is 26.0 Å². The molecule has 4 N–H and O–H groups in total. The van der Waals surface area contributed by atoms with Gasteiger partial charge in [0.15, 0.2) is 6.29 Å². The summed E-state index contributed by atoms with van der Waals surface area (Å²) < 4.78 is 30.3. The number of nitrogens with two attached hydrogens (primary N) is 1. The van der Waals surface area contributed by atoms with Crippen molar-refractivity contribution in [1.29, 1.82) is 0 Å². The Kier molecular flexibility index (Phi) is 6.50. The highest BCUT2D eigenvalue weighted by Crippen LogP contribution is 2.40. The van der Waals surface area contributed by atoms with E-state index in [1.54, 1.807) is 0 Å². The largest absolute Gasteiger partial charge is 0.487 e. The van der Waals surface area contributed by atoms with E-state index >= 15 is 0 Å². The van der Waals surface area contributed by atoms with Crippen molar-refractivity contribution >= 4 is 34.6 Å². The zero-order chi connectivity index (χ0) is 22.9. The van der Waals surface area contributed by atoms with E-state index in [0.29, 0.717) is 16.4 Å². The second-order valence-corrected chi connectivity index (χ2v) is 9.19. The van der Waals surface area contributed by atoms with Gasteiger partial charge in [0.25, 0.3) is 12.3 Å². The number of nitrogens with one attached hydrogen (secondary N) is 2. The number of amides is 1. The number of rotatable bonds is 7. The van der Waals surface area contributed by atoms with Gasteiger partial charge in [-0.3, -0.25) is 4.79 Å². The van der Waals surface area contributed by atoms with E-state index < -0.39 is 18.9 Å². The topological polar surface area (TPSA) is 79.6 Å². The monoisotopic (exact) mass is 452 g/mol. The van der Waals surface area contributed by atoms with Crippen LogP contribution in [0.5, 0.6) is 5.75 Å². The van der Waals surface area contributed by atoms with Crippen molar-refractivity contribution in [2.75, 3.05) is 29.2 Å². The van der Waals surface area contributed by atoms with Crippen molar-refractivity contribution in [2.45, 2.75) is 39.9 Å².